The summed E-state index contributed by atoms with van der Waals surface area (Å²) in [6, 6.07) is 17.0. The Labute approximate surface area is 136 Å². The molecule has 23 heavy (non-hydrogen) atoms. The molecule has 0 amide bonds. The molecule has 1 N–H and O–H groups in total. The van der Waals surface area contributed by atoms with Gasteiger partial charge in [-0.05, 0) is 29.7 Å². The lowest BCUT2D eigenvalue weighted by molar-refractivity contribution is 0.398. The fourth-order valence-corrected chi connectivity index (χ4v) is 2.41. The Kier molecular flexibility index (Phi) is 4.52. The van der Waals surface area contributed by atoms with Crippen molar-refractivity contribution >= 4 is 5.69 Å². The van der Waals surface area contributed by atoms with Crippen molar-refractivity contribution in [3.8, 4) is 17.0 Å². The van der Waals surface area contributed by atoms with Crippen LogP contribution in [0.15, 0.2) is 61.1 Å². The van der Waals surface area contributed by atoms with E-state index in [4.69, 9.17) is 4.74 Å². The van der Waals surface area contributed by atoms with Crippen LogP contribution in [0.5, 0.6) is 5.88 Å². The Bertz CT molecular complexity index is 785. The van der Waals surface area contributed by atoms with Crippen LogP contribution in [0.1, 0.15) is 11.1 Å². The summed E-state index contributed by atoms with van der Waals surface area (Å²) < 4.78 is 5.22. The van der Waals surface area contributed by atoms with E-state index in [0.717, 1.165) is 5.69 Å². The van der Waals surface area contributed by atoms with E-state index in [1.54, 1.807) is 13.3 Å². The van der Waals surface area contributed by atoms with E-state index in [-0.39, 0.29) is 0 Å². The summed E-state index contributed by atoms with van der Waals surface area (Å²) in [4.78, 5) is 8.11. The second-order valence-electron chi connectivity index (χ2n) is 5.37. The van der Waals surface area contributed by atoms with E-state index in [2.05, 4.69) is 70.7 Å². The smallest absolute Gasteiger partial charge is 0.240 e. The lowest BCUT2D eigenvalue weighted by Gasteiger charge is -2.10. The lowest BCUT2D eigenvalue weighted by Crippen LogP contribution is -2.03. The number of hydrogen-bond acceptors (Lipinski definition) is 4. The van der Waals surface area contributed by atoms with Crippen molar-refractivity contribution in [1.29, 1.82) is 0 Å². The summed E-state index contributed by atoms with van der Waals surface area (Å²) in [6.07, 6.45) is 3.19. The second-order valence-corrected chi connectivity index (χ2v) is 5.37. The fraction of sp³-hybridized carbons (Fsp3) is 0.158. The molecule has 0 bridgehead atoms. The molecule has 0 unspecified atom stereocenters. The van der Waals surface area contributed by atoms with E-state index < -0.39 is 0 Å². The summed E-state index contributed by atoms with van der Waals surface area (Å²) in [5, 5.41) is 3.32. The Morgan fingerprint density at radius 1 is 1.04 bits per heavy atom. The zero-order valence-electron chi connectivity index (χ0n) is 13.3. The highest BCUT2D eigenvalue weighted by atomic mass is 16.5. The Morgan fingerprint density at radius 3 is 2.65 bits per heavy atom. The Morgan fingerprint density at radius 2 is 1.87 bits per heavy atom. The molecule has 3 rings (SSSR count). The monoisotopic (exact) mass is 305 g/mol. The highest BCUT2D eigenvalue weighted by Gasteiger charge is 2.04. The normalized spacial score (nSPS) is 10.3. The number of anilines is 1. The number of hydrogen-bond donors (Lipinski definition) is 1. The van der Waals surface area contributed by atoms with Crippen LogP contribution < -0.4 is 10.1 Å². The number of nitrogens with one attached hydrogen (secondary N) is 1. The van der Waals surface area contributed by atoms with Crippen LogP contribution in [0.2, 0.25) is 0 Å². The molecule has 1 heterocycles. The van der Waals surface area contributed by atoms with Crippen LogP contribution in [0.25, 0.3) is 11.1 Å². The van der Waals surface area contributed by atoms with Gasteiger partial charge in [-0.15, -0.1) is 0 Å². The highest BCUT2D eigenvalue weighted by Crippen LogP contribution is 2.23. The minimum Gasteiger partial charge on any atom is -0.479 e. The van der Waals surface area contributed by atoms with E-state index in [0.29, 0.717) is 12.4 Å². The van der Waals surface area contributed by atoms with Gasteiger partial charge in [-0.25, -0.2) is 9.97 Å². The third-order valence-corrected chi connectivity index (χ3v) is 3.66. The maximum Gasteiger partial charge on any atom is 0.240 e. The molecule has 0 aliphatic rings. The predicted molar refractivity (Wildman–Crippen MR) is 92.5 cm³/mol. The first-order chi connectivity index (χ1) is 11.3. The molecule has 4 heteroatoms. The minimum atomic E-state index is 0.551. The number of benzene rings is 2. The van der Waals surface area contributed by atoms with Gasteiger partial charge in [-0.1, -0.05) is 48.0 Å². The van der Waals surface area contributed by atoms with Gasteiger partial charge >= 0.3 is 0 Å². The molecular formula is C19H19N3O. The predicted octanol–water partition coefficient (Wildman–Crippen LogP) is 4.07. The van der Waals surface area contributed by atoms with Crippen LogP contribution in [0, 0.1) is 6.92 Å². The number of nitrogens with zero attached hydrogens (tertiary/aromatic N) is 2. The summed E-state index contributed by atoms with van der Waals surface area (Å²) in [5.41, 5.74) is 5.67. The van der Waals surface area contributed by atoms with E-state index >= 15 is 0 Å². The molecule has 116 valence electrons. The quantitative estimate of drug-likeness (QED) is 0.772. The molecule has 4 nitrogen and oxygen atoms in total. The van der Waals surface area contributed by atoms with Gasteiger partial charge < -0.3 is 10.1 Å². The molecule has 0 radical (unpaired) electrons. The van der Waals surface area contributed by atoms with E-state index in [1.165, 1.54) is 28.6 Å². The molecule has 0 atom stereocenters. The average Bonchev–Trinajstić information content (AvgIpc) is 2.61. The van der Waals surface area contributed by atoms with Gasteiger partial charge in [0.2, 0.25) is 5.88 Å². The molecule has 1 aromatic heterocycles. The van der Waals surface area contributed by atoms with Gasteiger partial charge in [0.25, 0.3) is 0 Å². The average molecular weight is 305 g/mol. The van der Waals surface area contributed by atoms with Crippen LogP contribution in [-0.4, -0.2) is 17.1 Å². The first kappa shape index (κ1) is 15.0. The molecule has 0 saturated heterocycles. The van der Waals surface area contributed by atoms with Crippen molar-refractivity contribution in [2.75, 3.05) is 12.4 Å². The molecule has 3 aromatic rings. The van der Waals surface area contributed by atoms with Crippen molar-refractivity contribution in [2.45, 2.75) is 13.5 Å². The number of methoxy groups -OCH3 is 1. The Balaban J connectivity index is 1.76. The molecule has 2 aromatic carbocycles. The van der Waals surface area contributed by atoms with Crippen LogP contribution in [0.3, 0.4) is 0 Å². The van der Waals surface area contributed by atoms with Gasteiger partial charge in [-0.3, -0.25) is 0 Å². The number of aromatic nitrogens is 2. The summed E-state index contributed by atoms with van der Waals surface area (Å²) in [6.45, 7) is 2.78. The van der Waals surface area contributed by atoms with Crippen LogP contribution >= 0.6 is 0 Å². The first-order valence-electron chi connectivity index (χ1n) is 7.50. The molecule has 0 aliphatic carbocycles. The summed E-state index contributed by atoms with van der Waals surface area (Å²) in [5.74, 6) is 0.551. The molecule has 0 aliphatic heterocycles. The zero-order chi connectivity index (χ0) is 16.1. The summed E-state index contributed by atoms with van der Waals surface area (Å²) >= 11 is 0. The third kappa shape index (κ3) is 3.66. The molecule has 0 fully saturated rings. The number of rotatable bonds is 5. The SMILES string of the molecule is COc1ncncc1NCc1cccc(-c2ccc(C)cc2)c1. The minimum absolute atomic E-state index is 0.551. The van der Waals surface area contributed by atoms with Crippen molar-refractivity contribution in [3.63, 3.8) is 0 Å². The molecular weight excluding hydrogens is 286 g/mol. The van der Waals surface area contributed by atoms with Crippen molar-refractivity contribution in [1.82, 2.24) is 9.97 Å². The number of aryl methyl sites for hydroxylation is 1. The summed E-state index contributed by atoms with van der Waals surface area (Å²) in [7, 11) is 1.60. The molecule has 0 spiro atoms. The van der Waals surface area contributed by atoms with Crippen molar-refractivity contribution in [3.05, 3.63) is 72.2 Å². The first-order valence-corrected chi connectivity index (χ1v) is 7.50. The third-order valence-electron chi connectivity index (χ3n) is 3.66. The highest BCUT2D eigenvalue weighted by molar-refractivity contribution is 5.64. The van der Waals surface area contributed by atoms with Gasteiger partial charge in [0.1, 0.15) is 12.0 Å². The maximum absolute atomic E-state index is 5.22. The Hall–Kier alpha value is -2.88. The standard InChI is InChI=1S/C19H19N3O/c1-14-6-8-16(9-7-14)17-5-3-4-15(10-17)11-21-18-12-20-13-22-19(18)23-2/h3-10,12-13,21H,11H2,1-2H3. The zero-order valence-corrected chi connectivity index (χ0v) is 13.3. The van der Waals surface area contributed by atoms with Gasteiger partial charge in [-0.2, -0.15) is 0 Å². The fourth-order valence-electron chi connectivity index (χ4n) is 2.41. The second kappa shape index (κ2) is 6.92. The molecule has 0 saturated carbocycles. The van der Waals surface area contributed by atoms with E-state index in [1.807, 2.05) is 0 Å². The largest absolute Gasteiger partial charge is 0.479 e. The van der Waals surface area contributed by atoms with Gasteiger partial charge in [0.15, 0.2) is 0 Å². The van der Waals surface area contributed by atoms with Gasteiger partial charge in [0, 0.05) is 6.54 Å². The van der Waals surface area contributed by atoms with Crippen molar-refractivity contribution < 1.29 is 4.74 Å². The van der Waals surface area contributed by atoms with Gasteiger partial charge in [0.05, 0.1) is 13.3 Å². The van der Waals surface area contributed by atoms with Crippen LogP contribution in [0.4, 0.5) is 5.69 Å². The van der Waals surface area contributed by atoms with Crippen molar-refractivity contribution in [2.24, 2.45) is 0 Å². The van der Waals surface area contributed by atoms with Crippen LogP contribution in [-0.2, 0) is 6.54 Å². The maximum atomic E-state index is 5.22. The van der Waals surface area contributed by atoms with E-state index in [9.17, 15) is 0 Å². The topological polar surface area (TPSA) is 47.0 Å². The lowest BCUT2D eigenvalue weighted by atomic mass is 10.0. The number of ether oxygens (including phenoxy) is 1.